The van der Waals surface area contributed by atoms with Crippen LogP contribution in [-0.2, 0) is 0 Å². The summed E-state index contributed by atoms with van der Waals surface area (Å²) in [6.07, 6.45) is 0. The van der Waals surface area contributed by atoms with Gasteiger partial charge in [-0.1, -0.05) is 352 Å². The molecule has 26 aromatic rings. The molecule has 0 spiro atoms. The SMILES string of the molecule is c1ccc(-c2ccc(N(c3ccc(-c4cc5ccccc5c5ccccc45)cc3)c3cc4c(cc3-c3cccc5c3sc3ccccc35)c3ccccc3n4-c3ccccc3)cc2)cc1.c1ccc(-c2ccc(N(c3ccc(-c4ccc5c(ccc6ccccc65)c4)cc3)c3cc4c(cc3-c3cccc5c3sc3ccccc35)c3ccccc3n4-c3ccccc3)cc2)cc1. The van der Waals surface area contributed by atoms with Crippen LogP contribution in [0.25, 0.3) is 205 Å². The molecule has 6 heteroatoms. The zero-order valence-electron chi connectivity index (χ0n) is 70.8. The summed E-state index contributed by atoms with van der Waals surface area (Å²) in [6, 6.07) is 178. The highest BCUT2D eigenvalue weighted by atomic mass is 32.1. The first-order chi connectivity index (χ1) is 64.5. The Morgan fingerprint density at radius 1 is 0.162 bits per heavy atom. The second-order valence-corrected chi connectivity index (χ2v) is 35.8. The van der Waals surface area contributed by atoms with E-state index in [0.717, 1.165) is 56.5 Å². The van der Waals surface area contributed by atoms with Crippen LogP contribution in [0.1, 0.15) is 0 Å². The van der Waals surface area contributed by atoms with Crippen LogP contribution in [0.5, 0.6) is 0 Å². The van der Waals surface area contributed by atoms with Gasteiger partial charge in [-0.2, -0.15) is 0 Å². The van der Waals surface area contributed by atoms with Crippen molar-refractivity contribution in [2.45, 2.75) is 0 Å². The molecule has 0 fully saturated rings. The van der Waals surface area contributed by atoms with Gasteiger partial charge in [0.2, 0.25) is 0 Å². The third-order valence-electron chi connectivity index (χ3n) is 26.4. The lowest BCUT2D eigenvalue weighted by Crippen LogP contribution is -2.11. The Balaban J connectivity index is 0.000000140. The zero-order valence-corrected chi connectivity index (χ0v) is 72.4. The molecule has 0 saturated carbocycles. The highest BCUT2D eigenvalue weighted by Gasteiger charge is 2.28. The van der Waals surface area contributed by atoms with Crippen molar-refractivity contribution in [3.63, 3.8) is 0 Å². The Labute approximate surface area is 760 Å². The normalized spacial score (nSPS) is 11.7. The molecule has 4 heterocycles. The molecule has 4 aromatic heterocycles. The standard InChI is InChI=1S/2C62H40N2S/c1-3-14-41(15-4-1)42-28-33-48(34-29-42)63(49-35-30-43(31-36-49)45-32-37-51-46(38-45)27-26-44-16-7-8-19-50(44)51)59-40-60-56(52-20-9-11-24-58(52)64(60)47-17-5-2-6-18-47)39-57(59)55-23-13-22-54-53-21-10-12-25-61(53)65-62(54)55;1-3-16-41(17-4-1)42-30-34-46(35-31-42)63(47-36-32-43(33-37-47)55-38-44-18-7-8-21-48(44)49-22-9-10-23-50(49)55)59-40-60-56(51-24-11-13-28-58(51)64(60)45-19-5-2-6-20-45)39-57(59)54-27-15-26-53-52-25-12-14-29-61(52)65-62(53)54/h2*1-40H. The average Bonchev–Trinajstić information content (AvgIpc) is 1.56. The molecule has 0 amide bonds. The van der Waals surface area contributed by atoms with Crippen LogP contribution < -0.4 is 9.80 Å². The Kier molecular flexibility index (Phi) is 18.6. The minimum absolute atomic E-state index is 1.08. The molecule has 0 saturated heterocycles. The van der Waals surface area contributed by atoms with Crippen LogP contribution in [0.2, 0.25) is 0 Å². The summed E-state index contributed by atoms with van der Waals surface area (Å²) in [5, 5.41) is 20.2. The lowest BCUT2D eigenvalue weighted by molar-refractivity contribution is 1.18. The molecule has 0 bridgehead atoms. The predicted octanol–water partition coefficient (Wildman–Crippen LogP) is 35.9. The highest BCUT2D eigenvalue weighted by molar-refractivity contribution is 7.26. The molecule has 130 heavy (non-hydrogen) atoms. The summed E-state index contributed by atoms with van der Waals surface area (Å²) < 4.78 is 10.0. The number of thiophene rings is 2. The van der Waals surface area contributed by atoms with Crippen molar-refractivity contribution in [1.29, 1.82) is 0 Å². The number of anilines is 6. The largest absolute Gasteiger partial charge is 0.310 e. The number of benzene rings is 22. The maximum Gasteiger partial charge on any atom is 0.0562 e. The van der Waals surface area contributed by atoms with Crippen molar-refractivity contribution < 1.29 is 0 Å². The van der Waals surface area contributed by atoms with E-state index < -0.39 is 0 Å². The molecule has 4 nitrogen and oxygen atoms in total. The first-order valence-electron chi connectivity index (χ1n) is 44.5. The summed E-state index contributed by atoms with van der Waals surface area (Å²) in [5.74, 6) is 0. The number of hydrogen-bond acceptors (Lipinski definition) is 4. The lowest BCUT2D eigenvalue weighted by Gasteiger charge is -2.29. The van der Waals surface area contributed by atoms with Crippen molar-refractivity contribution in [1.82, 2.24) is 9.13 Å². The van der Waals surface area contributed by atoms with E-state index >= 15 is 0 Å². The Bertz CT molecular complexity index is 8880. The van der Waals surface area contributed by atoms with Gasteiger partial charge in [-0.05, 0) is 221 Å². The van der Waals surface area contributed by atoms with Gasteiger partial charge in [0.25, 0.3) is 0 Å². The van der Waals surface area contributed by atoms with Gasteiger partial charge >= 0.3 is 0 Å². The molecular weight excluding hydrogens is 1610 g/mol. The number of para-hydroxylation sites is 4. The minimum atomic E-state index is 1.08. The van der Waals surface area contributed by atoms with Crippen LogP contribution in [-0.4, -0.2) is 9.13 Å². The van der Waals surface area contributed by atoms with Gasteiger partial charge in [-0.3, -0.25) is 0 Å². The fourth-order valence-corrected chi connectivity index (χ4v) is 22.7. The smallest absolute Gasteiger partial charge is 0.0562 e. The van der Waals surface area contributed by atoms with Gasteiger partial charge in [-0.15, -0.1) is 22.7 Å². The van der Waals surface area contributed by atoms with Gasteiger partial charge in [-0.25, -0.2) is 0 Å². The van der Waals surface area contributed by atoms with Crippen molar-refractivity contribution >= 4 is 184 Å². The Morgan fingerprint density at radius 2 is 0.492 bits per heavy atom. The highest BCUT2D eigenvalue weighted by Crippen LogP contribution is 2.53. The van der Waals surface area contributed by atoms with Gasteiger partial charge in [0.15, 0.2) is 0 Å². The molecule has 0 N–H and O–H groups in total. The van der Waals surface area contributed by atoms with Crippen molar-refractivity contribution in [2.75, 3.05) is 9.80 Å². The van der Waals surface area contributed by atoms with E-state index in [9.17, 15) is 0 Å². The minimum Gasteiger partial charge on any atom is -0.310 e. The quantitative estimate of drug-likeness (QED) is 0.101. The summed E-state index contributed by atoms with van der Waals surface area (Å²) in [5.41, 5.74) is 27.9. The predicted molar refractivity (Wildman–Crippen MR) is 559 cm³/mol. The Morgan fingerprint density at radius 3 is 0.969 bits per heavy atom. The molecule has 0 aliphatic heterocycles. The van der Waals surface area contributed by atoms with Crippen LogP contribution in [0, 0.1) is 0 Å². The topological polar surface area (TPSA) is 16.3 Å². The van der Waals surface area contributed by atoms with E-state index in [1.807, 2.05) is 22.7 Å². The van der Waals surface area contributed by atoms with Crippen molar-refractivity contribution in [3.05, 3.63) is 485 Å². The molecule has 22 aromatic carbocycles. The van der Waals surface area contributed by atoms with E-state index in [1.54, 1.807) is 0 Å². The molecule has 0 aliphatic carbocycles. The second-order valence-electron chi connectivity index (χ2n) is 33.7. The van der Waals surface area contributed by atoms with Crippen molar-refractivity contribution in [2.24, 2.45) is 0 Å². The van der Waals surface area contributed by atoms with E-state index in [4.69, 9.17) is 0 Å². The first-order valence-corrected chi connectivity index (χ1v) is 46.1. The number of aromatic nitrogens is 2. The van der Waals surface area contributed by atoms with Gasteiger partial charge in [0.05, 0.1) is 33.4 Å². The molecule has 0 aliphatic rings. The maximum atomic E-state index is 2.48. The molecule has 0 unspecified atom stereocenters. The van der Waals surface area contributed by atoms with Gasteiger partial charge < -0.3 is 18.9 Å². The monoisotopic (exact) mass is 1690 g/mol. The fourth-order valence-electron chi connectivity index (χ4n) is 20.2. The van der Waals surface area contributed by atoms with Gasteiger partial charge in [0.1, 0.15) is 0 Å². The molecule has 608 valence electrons. The van der Waals surface area contributed by atoms with E-state index in [-0.39, 0.29) is 0 Å². The van der Waals surface area contributed by atoms with Gasteiger partial charge in [0, 0.05) is 118 Å². The van der Waals surface area contributed by atoms with E-state index in [2.05, 4.69) is 504 Å². The van der Waals surface area contributed by atoms with Crippen LogP contribution in [0.15, 0.2) is 485 Å². The third kappa shape index (κ3) is 13.1. The third-order valence-corrected chi connectivity index (χ3v) is 28.8. The summed E-state index contributed by atoms with van der Waals surface area (Å²) in [4.78, 5) is 4.95. The van der Waals surface area contributed by atoms with Crippen LogP contribution >= 0.6 is 22.7 Å². The second kappa shape index (κ2) is 31.9. The summed E-state index contributed by atoms with van der Waals surface area (Å²) in [7, 11) is 0. The van der Waals surface area contributed by atoms with Crippen LogP contribution in [0.4, 0.5) is 34.1 Å². The zero-order chi connectivity index (χ0) is 85.7. The number of nitrogens with zero attached hydrogens (tertiary/aromatic N) is 4. The fraction of sp³-hybridized carbons (Fsp3) is 0. The first kappa shape index (κ1) is 76.0. The number of fused-ring (bicyclic) bond motifs is 18. The summed E-state index contributed by atoms with van der Waals surface area (Å²) in [6.45, 7) is 0. The average molecular weight is 1690 g/mol. The molecule has 26 rings (SSSR count). The maximum absolute atomic E-state index is 2.48. The number of rotatable bonds is 14. The van der Waals surface area contributed by atoms with Crippen LogP contribution in [0.3, 0.4) is 0 Å². The van der Waals surface area contributed by atoms with Crippen molar-refractivity contribution in [3.8, 4) is 78.1 Å². The lowest BCUT2D eigenvalue weighted by atomic mass is 9.93. The van der Waals surface area contributed by atoms with E-state index in [0.29, 0.717) is 0 Å². The number of hydrogen-bond donors (Lipinski definition) is 0. The molecular formula is C124H80N4S2. The van der Waals surface area contributed by atoms with E-state index in [1.165, 1.54) is 183 Å². The molecule has 0 radical (unpaired) electrons. The molecule has 0 atom stereocenters. The summed E-state index contributed by atoms with van der Waals surface area (Å²) >= 11 is 3.77. The Hall–Kier alpha value is -16.5.